The number of ether oxygens (including phenoxy) is 2. The lowest BCUT2D eigenvalue weighted by atomic mass is 10.1. The van der Waals surface area contributed by atoms with E-state index < -0.39 is 6.16 Å². The van der Waals surface area contributed by atoms with Crippen molar-refractivity contribution in [3.63, 3.8) is 0 Å². The molecule has 0 bridgehead atoms. The van der Waals surface area contributed by atoms with E-state index in [1.807, 2.05) is 36.0 Å². The number of unbranched alkanes of at least 4 members (excludes halogenated alkanes) is 12. The molecule has 35 heavy (non-hydrogen) atoms. The van der Waals surface area contributed by atoms with Gasteiger partial charge in [-0.25, -0.2) is 4.79 Å². The lowest BCUT2D eigenvalue weighted by molar-refractivity contribution is 0.0973. The zero-order chi connectivity index (χ0) is 25.0. The van der Waals surface area contributed by atoms with Crippen LogP contribution in [0.25, 0.3) is 11.1 Å². The molecule has 0 unspecified atom stereocenters. The Hall–Kier alpha value is -1.94. The molecule has 0 N–H and O–H groups in total. The molecule has 0 fully saturated rings. The summed E-state index contributed by atoms with van der Waals surface area (Å²) < 4.78 is 10.5. The smallest absolute Gasteiger partial charge is 0.434 e. The normalized spacial score (nSPS) is 10.9. The molecule has 4 heteroatoms. The fraction of sp³-hybridized carbons (Fsp3) is 0.581. The molecule has 0 spiro atoms. The fourth-order valence-electron chi connectivity index (χ4n) is 4.05. The number of carbonyl (C=O) groups excluding carboxylic acids is 1. The van der Waals surface area contributed by atoms with Crippen molar-refractivity contribution in [2.75, 3.05) is 12.4 Å². The molecule has 0 aliphatic rings. The fourth-order valence-corrected chi connectivity index (χ4v) is 4.96. The van der Waals surface area contributed by atoms with Crippen LogP contribution < -0.4 is 4.74 Å². The first-order valence-electron chi connectivity index (χ1n) is 13.9. The van der Waals surface area contributed by atoms with Crippen molar-refractivity contribution >= 4 is 17.9 Å². The second-order valence-corrected chi connectivity index (χ2v) is 10.5. The lowest BCUT2D eigenvalue weighted by Gasteiger charge is -2.08. The Balaban J connectivity index is 1.62. The van der Waals surface area contributed by atoms with E-state index in [0.717, 1.165) is 18.4 Å². The van der Waals surface area contributed by atoms with E-state index in [-0.39, 0.29) is 0 Å². The standard InChI is InChI=1S/C31H46O3S/c1-3-5-7-9-11-12-14-16-26-35-30-23-19-28(20-24-30)27-17-21-29(22-18-27)34-31(32)33-25-15-13-10-8-6-4-2/h17-24H,3-16,25-26H2,1-2H3. The number of hydrogen-bond donors (Lipinski definition) is 0. The summed E-state index contributed by atoms with van der Waals surface area (Å²) in [7, 11) is 0. The molecule has 2 aromatic carbocycles. The number of carbonyl (C=O) groups is 1. The molecule has 0 atom stereocenters. The second-order valence-electron chi connectivity index (χ2n) is 9.34. The van der Waals surface area contributed by atoms with E-state index in [2.05, 4.69) is 38.1 Å². The van der Waals surface area contributed by atoms with Gasteiger partial charge in [-0.2, -0.15) is 0 Å². The van der Waals surface area contributed by atoms with Gasteiger partial charge < -0.3 is 9.47 Å². The number of benzene rings is 2. The topological polar surface area (TPSA) is 35.5 Å². The van der Waals surface area contributed by atoms with E-state index in [4.69, 9.17) is 9.47 Å². The van der Waals surface area contributed by atoms with Gasteiger partial charge in [0.15, 0.2) is 0 Å². The highest BCUT2D eigenvalue weighted by Gasteiger charge is 2.07. The second kappa shape index (κ2) is 19.3. The van der Waals surface area contributed by atoms with Gasteiger partial charge >= 0.3 is 6.16 Å². The van der Waals surface area contributed by atoms with Crippen LogP contribution in [-0.4, -0.2) is 18.5 Å². The van der Waals surface area contributed by atoms with Gasteiger partial charge in [-0.3, -0.25) is 0 Å². The molecule has 0 heterocycles. The molecule has 194 valence electrons. The minimum atomic E-state index is -0.621. The van der Waals surface area contributed by atoms with Crippen LogP contribution >= 0.6 is 11.8 Å². The van der Waals surface area contributed by atoms with Crippen LogP contribution in [0.3, 0.4) is 0 Å². The van der Waals surface area contributed by atoms with Crippen molar-refractivity contribution in [2.45, 2.75) is 109 Å². The maximum Gasteiger partial charge on any atom is 0.513 e. The SMILES string of the molecule is CCCCCCCCCCSc1ccc(-c2ccc(OC(=O)OCCCCCCCC)cc2)cc1. The summed E-state index contributed by atoms with van der Waals surface area (Å²) in [6, 6.07) is 16.4. The Labute approximate surface area is 218 Å². The predicted molar refractivity (Wildman–Crippen MR) is 151 cm³/mol. The largest absolute Gasteiger partial charge is 0.513 e. The summed E-state index contributed by atoms with van der Waals surface area (Å²) in [5, 5.41) is 0. The van der Waals surface area contributed by atoms with Gasteiger partial charge in [0, 0.05) is 4.90 Å². The maximum absolute atomic E-state index is 11.9. The van der Waals surface area contributed by atoms with Crippen LogP contribution in [0.2, 0.25) is 0 Å². The number of hydrogen-bond acceptors (Lipinski definition) is 4. The summed E-state index contributed by atoms with van der Waals surface area (Å²) in [5.41, 5.74) is 2.27. The van der Waals surface area contributed by atoms with Gasteiger partial charge in [0.2, 0.25) is 0 Å². The average molecular weight is 499 g/mol. The molecule has 3 nitrogen and oxygen atoms in total. The van der Waals surface area contributed by atoms with Gasteiger partial charge in [-0.15, -0.1) is 11.8 Å². The third kappa shape index (κ3) is 13.7. The molecule has 0 aliphatic heterocycles. The molecule has 0 saturated carbocycles. The molecular formula is C31H46O3S. The van der Waals surface area contributed by atoms with E-state index >= 15 is 0 Å². The summed E-state index contributed by atoms with van der Waals surface area (Å²) in [5.74, 6) is 1.70. The van der Waals surface area contributed by atoms with Crippen LogP contribution in [-0.2, 0) is 4.74 Å². The Morgan fingerprint density at radius 3 is 1.69 bits per heavy atom. The molecule has 0 radical (unpaired) electrons. The monoisotopic (exact) mass is 498 g/mol. The Morgan fingerprint density at radius 1 is 0.629 bits per heavy atom. The van der Waals surface area contributed by atoms with Gasteiger partial charge in [0.1, 0.15) is 5.75 Å². The first kappa shape index (κ1) is 29.3. The van der Waals surface area contributed by atoms with Gasteiger partial charge in [-0.05, 0) is 54.0 Å². The van der Waals surface area contributed by atoms with Crippen LogP contribution in [0.5, 0.6) is 5.75 Å². The van der Waals surface area contributed by atoms with Crippen LogP contribution in [0.1, 0.15) is 104 Å². The van der Waals surface area contributed by atoms with Crippen LogP contribution in [0.15, 0.2) is 53.4 Å². The highest BCUT2D eigenvalue weighted by Crippen LogP contribution is 2.26. The minimum absolute atomic E-state index is 0.423. The highest BCUT2D eigenvalue weighted by atomic mass is 32.2. The van der Waals surface area contributed by atoms with Crippen molar-refractivity contribution in [1.82, 2.24) is 0 Å². The molecule has 2 aromatic rings. The zero-order valence-corrected chi connectivity index (χ0v) is 22.9. The third-order valence-corrected chi connectivity index (χ3v) is 7.33. The van der Waals surface area contributed by atoms with Gasteiger partial charge in [-0.1, -0.05) is 115 Å². The van der Waals surface area contributed by atoms with Crippen molar-refractivity contribution in [2.24, 2.45) is 0 Å². The summed E-state index contributed by atoms with van der Waals surface area (Å²) in [6.45, 7) is 4.90. The van der Waals surface area contributed by atoms with Crippen LogP contribution in [0.4, 0.5) is 4.79 Å². The number of rotatable bonds is 19. The molecule has 0 saturated heterocycles. The first-order chi connectivity index (χ1) is 17.2. The first-order valence-corrected chi connectivity index (χ1v) is 14.9. The average Bonchev–Trinajstić information content (AvgIpc) is 2.88. The maximum atomic E-state index is 11.9. The van der Waals surface area contributed by atoms with Crippen molar-refractivity contribution in [1.29, 1.82) is 0 Å². The number of thioether (sulfide) groups is 1. The van der Waals surface area contributed by atoms with Crippen molar-refractivity contribution < 1.29 is 14.3 Å². The quantitative estimate of drug-likeness (QED) is 0.0835. The summed E-state index contributed by atoms with van der Waals surface area (Å²) in [4.78, 5) is 13.2. The predicted octanol–water partition coefficient (Wildman–Crippen LogP) is 10.5. The minimum Gasteiger partial charge on any atom is -0.434 e. The van der Waals surface area contributed by atoms with E-state index in [9.17, 15) is 4.79 Å². The Morgan fingerprint density at radius 2 is 1.11 bits per heavy atom. The Bertz CT molecular complexity index is 786. The highest BCUT2D eigenvalue weighted by molar-refractivity contribution is 7.99. The molecule has 0 aromatic heterocycles. The van der Waals surface area contributed by atoms with Gasteiger partial charge in [0.05, 0.1) is 6.61 Å². The zero-order valence-electron chi connectivity index (χ0n) is 22.1. The molecule has 0 aliphatic carbocycles. The van der Waals surface area contributed by atoms with Gasteiger partial charge in [0.25, 0.3) is 0 Å². The Kier molecular flexibility index (Phi) is 16.1. The van der Waals surface area contributed by atoms with E-state index in [1.54, 1.807) is 0 Å². The van der Waals surface area contributed by atoms with E-state index in [1.165, 1.54) is 93.3 Å². The van der Waals surface area contributed by atoms with Crippen molar-refractivity contribution in [3.05, 3.63) is 48.5 Å². The van der Waals surface area contributed by atoms with Crippen LogP contribution in [0, 0.1) is 0 Å². The summed E-state index contributed by atoms with van der Waals surface area (Å²) in [6.07, 6.45) is 17.3. The third-order valence-electron chi connectivity index (χ3n) is 6.23. The molecule has 2 rings (SSSR count). The summed E-state index contributed by atoms with van der Waals surface area (Å²) >= 11 is 1.95. The van der Waals surface area contributed by atoms with E-state index in [0.29, 0.717) is 12.4 Å². The lowest BCUT2D eigenvalue weighted by Crippen LogP contribution is -2.11. The molecular weight excluding hydrogens is 452 g/mol. The molecule has 0 amide bonds. The van der Waals surface area contributed by atoms with Crippen molar-refractivity contribution in [3.8, 4) is 16.9 Å².